The average Bonchev–Trinajstić information content (AvgIpc) is 2.84. The Hall–Kier alpha value is -1.75. The summed E-state index contributed by atoms with van der Waals surface area (Å²) in [7, 11) is 0. The van der Waals surface area contributed by atoms with Gasteiger partial charge in [0.25, 0.3) is 0 Å². The van der Waals surface area contributed by atoms with Gasteiger partial charge in [-0.25, -0.2) is 4.39 Å². The van der Waals surface area contributed by atoms with E-state index >= 15 is 0 Å². The molecule has 0 spiro atoms. The molecule has 0 amide bonds. The molecule has 0 saturated heterocycles. The summed E-state index contributed by atoms with van der Waals surface area (Å²) >= 11 is 0. The first-order valence-corrected chi connectivity index (χ1v) is 7.32. The summed E-state index contributed by atoms with van der Waals surface area (Å²) in [4.78, 5) is 4.37. The molecule has 0 bridgehead atoms. The van der Waals surface area contributed by atoms with Gasteiger partial charge in [0.1, 0.15) is 5.82 Å². The maximum Gasteiger partial charge on any atom is 0.226 e. The van der Waals surface area contributed by atoms with E-state index in [4.69, 9.17) is 10.3 Å². The van der Waals surface area contributed by atoms with Crippen molar-refractivity contribution < 1.29 is 8.91 Å². The molecule has 2 N–H and O–H groups in total. The van der Waals surface area contributed by atoms with Crippen molar-refractivity contribution in [2.45, 2.75) is 33.1 Å². The fourth-order valence-electron chi connectivity index (χ4n) is 2.45. The molecule has 4 nitrogen and oxygen atoms in total. The Morgan fingerprint density at radius 3 is 2.81 bits per heavy atom. The number of hydrogen-bond donors (Lipinski definition) is 1. The molecule has 21 heavy (non-hydrogen) atoms. The summed E-state index contributed by atoms with van der Waals surface area (Å²) in [6, 6.07) is 6.43. The lowest BCUT2D eigenvalue weighted by Crippen LogP contribution is -2.19. The molecule has 0 radical (unpaired) electrons. The van der Waals surface area contributed by atoms with Crippen LogP contribution in [0.4, 0.5) is 4.39 Å². The Bertz CT molecular complexity index is 568. The predicted molar refractivity (Wildman–Crippen MR) is 79.2 cm³/mol. The van der Waals surface area contributed by atoms with Gasteiger partial charge in [0, 0.05) is 12.8 Å². The van der Waals surface area contributed by atoms with Gasteiger partial charge in [-0.1, -0.05) is 31.1 Å². The van der Waals surface area contributed by atoms with Crippen molar-refractivity contribution in [1.29, 1.82) is 0 Å². The van der Waals surface area contributed by atoms with Crippen LogP contribution < -0.4 is 5.73 Å². The van der Waals surface area contributed by atoms with Gasteiger partial charge in [-0.05, 0) is 42.5 Å². The zero-order chi connectivity index (χ0) is 15.2. The molecule has 0 aliphatic carbocycles. The van der Waals surface area contributed by atoms with E-state index < -0.39 is 0 Å². The van der Waals surface area contributed by atoms with E-state index in [0.29, 0.717) is 42.9 Å². The number of benzene rings is 1. The van der Waals surface area contributed by atoms with Crippen LogP contribution >= 0.6 is 0 Å². The van der Waals surface area contributed by atoms with Crippen molar-refractivity contribution in [1.82, 2.24) is 10.1 Å². The third-order valence-electron chi connectivity index (χ3n) is 3.36. The van der Waals surface area contributed by atoms with Crippen molar-refractivity contribution in [3.05, 3.63) is 47.4 Å². The quantitative estimate of drug-likeness (QED) is 0.851. The van der Waals surface area contributed by atoms with Crippen molar-refractivity contribution in [3.8, 4) is 0 Å². The highest BCUT2D eigenvalue weighted by Crippen LogP contribution is 2.16. The largest absolute Gasteiger partial charge is 0.339 e. The molecule has 0 aliphatic heterocycles. The van der Waals surface area contributed by atoms with Crippen molar-refractivity contribution >= 4 is 0 Å². The molecule has 2 aromatic rings. The monoisotopic (exact) mass is 291 g/mol. The summed E-state index contributed by atoms with van der Waals surface area (Å²) in [5.74, 6) is 1.88. The molecule has 5 heteroatoms. The number of nitrogens with two attached hydrogens (primary N) is 1. The van der Waals surface area contributed by atoms with Crippen LogP contribution in [0.3, 0.4) is 0 Å². The van der Waals surface area contributed by atoms with Crippen LogP contribution in [-0.2, 0) is 12.8 Å². The lowest BCUT2D eigenvalue weighted by atomic mass is 9.94. The number of rotatable bonds is 7. The van der Waals surface area contributed by atoms with Crippen LogP contribution in [0.25, 0.3) is 0 Å². The lowest BCUT2D eigenvalue weighted by molar-refractivity contribution is 0.329. The van der Waals surface area contributed by atoms with Gasteiger partial charge in [0.2, 0.25) is 5.89 Å². The van der Waals surface area contributed by atoms with Crippen LogP contribution in [0.5, 0.6) is 0 Å². The van der Waals surface area contributed by atoms with Crippen molar-refractivity contribution in [2.24, 2.45) is 17.6 Å². The van der Waals surface area contributed by atoms with Gasteiger partial charge >= 0.3 is 0 Å². The first-order valence-electron chi connectivity index (χ1n) is 7.32. The zero-order valence-corrected chi connectivity index (χ0v) is 12.6. The smallest absolute Gasteiger partial charge is 0.226 e. The fraction of sp³-hybridized carbons (Fsp3) is 0.500. The van der Waals surface area contributed by atoms with E-state index in [1.54, 1.807) is 6.07 Å². The minimum Gasteiger partial charge on any atom is -0.339 e. The van der Waals surface area contributed by atoms with E-state index in [9.17, 15) is 4.39 Å². The van der Waals surface area contributed by atoms with Crippen LogP contribution in [-0.4, -0.2) is 16.7 Å². The predicted octanol–water partition coefficient (Wildman–Crippen LogP) is 2.96. The molecule has 1 aromatic carbocycles. The van der Waals surface area contributed by atoms with E-state index in [-0.39, 0.29) is 5.82 Å². The van der Waals surface area contributed by atoms with Crippen LogP contribution in [0.2, 0.25) is 0 Å². The molecule has 1 heterocycles. The number of hydrogen-bond acceptors (Lipinski definition) is 4. The van der Waals surface area contributed by atoms with E-state index in [0.717, 1.165) is 12.0 Å². The third kappa shape index (κ3) is 4.93. The first-order chi connectivity index (χ1) is 10.1. The highest BCUT2D eigenvalue weighted by atomic mass is 19.1. The highest BCUT2D eigenvalue weighted by Gasteiger charge is 2.15. The minimum atomic E-state index is -0.253. The second kappa shape index (κ2) is 7.31. The van der Waals surface area contributed by atoms with Gasteiger partial charge < -0.3 is 10.3 Å². The van der Waals surface area contributed by atoms with E-state index in [1.807, 2.05) is 6.07 Å². The third-order valence-corrected chi connectivity index (χ3v) is 3.36. The summed E-state index contributed by atoms with van der Waals surface area (Å²) in [5, 5.41) is 3.96. The van der Waals surface area contributed by atoms with Gasteiger partial charge in [0.05, 0.1) is 0 Å². The second-order valence-corrected chi connectivity index (χ2v) is 5.85. The van der Waals surface area contributed by atoms with Gasteiger partial charge in [-0.3, -0.25) is 0 Å². The standard InChI is InChI=1S/C16H22FN3O/c1-11(2)6-13(10-18)9-16-19-15(20-21-16)8-12-4-3-5-14(17)7-12/h3-5,7,11,13H,6,8-10,18H2,1-2H3/t13-/m0/s1. The maximum atomic E-state index is 13.1. The van der Waals surface area contributed by atoms with Gasteiger partial charge in [-0.15, -0.1) is 0 Å². The Labute approximate surface area is 124 Å². The Morgan fingerprint density at radius 2 is 2.14 bits per heavy atom. The SMILES string of the molecule is CC(C)C[C@H](CN)Cc1nc(Cc2cccc(F)c2)no1. The summed E-state index contributed by atoms with van der Waals surface area (Å²) in [5.41, 5.74) is 6.62. The van der Waals surface area contributed by atoms with Gasteiger partial charge in [0.15, 0.2) is 5.82 Å². The molecular formula is C16H22FN3O. The molecule has 1 aromatic heterocycles. The topological polar surface area (TPSA) is 64.9 Å². The lowest BCUT2D eigenvalue weighted by Gasteiger charge is -2.14. The molecule has 0 fully saturated rings. The molecule has 0 unspecified atom stereocenters. The zero-order valence-electron chi connectivity index (χ0n) is 12.6. The fourth-order valence-corrected chi connectivity index (χ4v) is 2.45. The molecule has 114 valence electrons. The van der Waals surface area contributed by atoms with Crippen molar-refractivity contribution in [2.75, 3.05) is 6.54 Å². The normalized spacial score (nSPS) is 12.8. The molecule has 0 saturated carbocycles. The van der Waals surface area contributed by atoms with E-state index in [1.165, 1.54) is 12.1 Å². The second-order valence-electron chi connectivity index (χ2n) is 5.85. The summed E-state index contributed by atoms with van der Waals surface area (Å²) < 4.78 is 18.4. The maximum absolute atomic E-state index is 13.1. The number of nitrogens with zero attached hydrogens (tertiary/aromatic N) is 2. The van der Waals surface area contributed by atoms with E-state index in [2.05, 4.69) is 24.0 Å². The minimum absolute atomic E-state index is 0.253. The molecular weight excluding hydrogens is 269 g/mol. The highest BCUT2D eigenvalue weighted by molar-refractivity contribution is 5.19. The number of aromatic nitrogens is 2. The van der Waals surface area contributed by atoms with Crippen LogP contribution in [0.15, 0.2) is 28.8 Å². The molecule has 1 atom stereocenters. The Balaban J connectivity index is 1.97. The van der Waals surface area contributed by atoms with Gasteiger partial charge in [-0.2, -0.15) is 4.98 Å². The molecule has 2 rings (SSSR count). The Morgan fingerprint density at radius 1 is 1.33 bits per heavy atom. The average molecular weight is 291 g/mol. The van der Waals surface area contributed by atoms with Crippen LogP contribution in [0, 0.1) is 17.7 Å². The van der Waals surface area contributed by atoms with Crippen LogP contribution in [0.1, 0.15) is 37.5 Å². The number of halogens is 1. The Kier molecular flexibility index (Phi) is 5.44. The molecule has 0 aliphatic rings. The van der Waals surface area contributed by atoms with Crippen molar-refractivity contribution in [3.63, 3.8) is 0 Å². The first kappa shape index (κ1) is 15.6. The summed E-state index contributed by atoms with van der Waals surface area (Å²) in [6.45, 7) is 4.96. The summed E-state index contributed by atoms with van der Waals surface area (Å²) in [6.07, 6.45) is 2.21.